The van der Waals surface area contributed by atoms with Crippen LogP contribution in [-0.2, 0) is 17.5 Å². The highest BCUT2D eigenvalue weighted by atomic mass is 19.4. The summed E-state index contributed by atoms with van der Waals surface area (Å²) in [5, 5.41) is 2.57. The molecule has 0 aliphatic rings. The molecule has 0 unspecified atom stereocenters. The number of alkyl halides is 3. The van der Waals surface area contributed by atoms with Crippen molar-refractivity contribution in [3.05, 3.63) is 54.4 Å². The summed E-state index contributed by atoms with van der Waals surface area (Å²) in [5.74, 6) is -0.313. The number of anilines is 2. The first kappa shape index (κ1) is 16.8. The molecule has 1 heterocycles. The molecule has 0 aliphatic heterocycles. The van der Waals surface area contributed by atoms with Crippen LogP contribution in [0.15, 0.2) is 48.8 Å². The summed E-state index contributed by atoms with van der Waals surface area (Å²) in [5.41, 5.74) is 0.585. The predicted molar refractivity (Wildman–Crippen MR) is 81.0 cm³/mol. The third kappa shape index (κ3) is 4.70. The molecule has 1 aromatic heterocycles. The number of benzene rings is 1. The van der Waals surface area contributed by atoms with Crippen molar-refractivity contribution in [2.24, 2.45) is 0 Å². The lowest BCUT2D eigenvalue weighted by Gasteiger charge is -2.10. The fraction of sp³-hybridized carbons (Fsp3) is 0.250. The summed E-state index contributed by atoms with van der Waals surface area (Å²) < 4.78 is 39.1. The van der Waals surface area contributed by atoms with Crippen molar-refractivity contribution < 1.29 is 22.5 Å². The highest BCUT2D eigenvalue weighted by Crippen LogP contribution is 2.29. The summed E-state index contributed by atoms with van der Waals surface area (Å²) in [6.45, 7) is 0.0781. The van der Waals surface area contributed by atoms with Crippen LogP contribution in [0.1, 0.15) is 5.56 Å². The number of hydrogen-bond donors (Lipinski definition) is 1. The van der Waals surface area contributed by atoms with Gasteiger partial charge in [-0.2, -0.15) is 17.7 Å². The average Bonchev–Trinajstić information content (AvgIpc) is 2.47. The lowest BCUT2D eigenvalue weighted by molar-refractivity contribution is -0.684. The SMILES string of the molecule is CN(C)c1cc[n+](CC(=O)Nc2ccc(C(F)(F)F)cc2)cc1. The minimum absolute atomic E-state index is 0.0781. The predicted octanol–water partition coefficient (Wildman–Crippen LogP) is 2.70. The standard InChI is InChI=1S/C16H16F3N3O/c1-21(2)14-7-9-22(10-8-14)11-15(23)20-13-5-3-12(4-6-13)16(17,18)19/h3-10H,11H2,1-2H3/p+1. The van der Waals surface area contributed by atoms with E-state index >= 15 is 0 Å². The zero-order chi connectivity index (χ0) is 17.0. The minimum Gasteiger partial charge on any atom is -0.377 e. The molecule has 0 saturated carbocycles. The number of aromatic nitrogens is 1. The molecule has 0 atom stereocenters. The topological polar surface area (TPSA) is 36.2 Å². The quantitative estimate of drug-likeness (QED) is 0.878. The molecule has 2 aromatic rings. The second kappa shape index (κ2) is 6.68. The van der Waals surface area contributed by atoms with E-state index in [1.54, 1.807) is 17.0 Å². The molecular formula is C16H17F3N3O+. The summed E-state index contributed by atoms with van der Waals surface area (Å²) in [6, 6.07) is 8.08. The van der Waals surface area contributed by atoms with Gasteiger partial charge in [0.1, 0.15) is 0 Å². The monoisotopic (exact) mass is 324 g/mol. The van der Waals surface area contributed by atoms with Crippen LogP contribution in [0.5, 0.6) is 0 Å². The van der Waals surface area contributed by atoms with Crippen LogP contribution in [0.4, 0.5) is 24.5 Å². The Kier molecular flexibility index (Phi) is 4.88. The van der Waals surface area contributed by atoms with Gasteiger partial charge in [-0.05, 0) is 24.3 Å². The lowest BCUT2D eigenvalue weighted by Crippen LogP contribution is -2.39. The van der Waals surface area contributed by atoms with E-state index < -0.39 is 11.7 Å². The maximum absolute atomic E-state index is 12.5. The summed E-state index contributed by atoms with van der Waals surface area (Å²) >= 11 is 0. The van der Waals surface area contributed by atoms with Crippen molar-refractivity contribution in [3.8, 4) is 0 Å². The van der Waals surface area contributed by atoms with Gasteiger partial charge >= 0.3 is 6.18 Å². The molecule has 0 saturated heterocycles. The molecule has 0 bridgehead atoms. The van der Waals surface area contributed by atoms with E-state index in [9.17, 15) is 18.0 Å². The molecule has 23 heavy (non-hydrogen) atoms. The summed E-state index contributed by atoms with van der Waals surface area (Å²) in [4.78, 5) is 13.9. The smallest absolute Gasteiger partial charge is 0.377 e. The Morgan fingerprint density at radius 3 is 2.13 bits per heavy atom. The van der Waals surface area contributed by atoms with E-state index in [-0.39, 0.29) is 12.5 Å². The lowest BCUT2D eigenvalue weighted by atomic mass is 10.2. The van der Waals surface area contributed by atoms with Gasteiger partial charge in [-0.1, -0.05) is 0 Å². The van der Waals surface area contributed by atoms with Gasteiger partial charge in [0.05, 0.1) is 5.56 Å². The highest BCUT2D eigenvalue weighted by Gasteiger charge is 2.30. The Balaban J connectivity index is 1.96. The maximum Gasteiger partial charge on any atom is 0.416 e. The van der Waals surface area contributed by atoms with Gasteiger partial charge in [-0.25, -0.2) is 0 Å². The number of nitrogens with one attached hydrogen (secondary N) is 1. The molecule has 0 radical (unpaired) electrons. The first-order valence-corrected chi connectivity index (χ1v) is 6.89. The highest BCUT2D eigenvalue weighted by molar-refractivity contribution is 5.89. The Labute approximate surface area is 132 Å². The van der Waals surface area contributed by atoms with Crippen molar-refractivity contribution in [1.82, 2.24) is 0 Å². The molecule has 0 spiro atoms. The number of carbonyl (C=O) groups is 1. The number of amides is 1. The van der Waals surface area contributed by atoms with Crippen molar-refractivity contribution in [1.29, 1.82) is 0 Å². The third-order valence-corrected chi connectivity index (χ3v) is 3.21. The maximum atomic E-state index is 12.5. The van der Waals surface area contributed by atoms with E-state index in [0.29, 0.717) is 5.69 Å². The van der Waals surface area contributed by atoms with Gasteiger partial charge in [0.2, 0.25) is 6.54 Å². The number of carbonyl (C=O) groups excluding carboxylic acids is 1. The number of nitrogens with zero attached hydrogens (tertiary/aromatic N) is 2. The molecule has 0 fully saturated rings. The summed E-state index contributed by atoms with van der Waals surface area (Å²) in [6.07, 6.45) is -0.851. The molecule has 1 N–H and O–H groups in total. The van der Waals surface area contributed by atoms with Crippen LogP contribution in [-0.4, -0.2) is 20.0 Å². The minimum atomic E-state index is -4.38. The first-order valence-electron chi connectivity index (χ1n) is 6.89. The zero-order valence-corrected chi connectivity index (χ0v) is 12.8. The van der Waals surface area contributed by atoms with Crippen LogP contribution in [0.25, 0.3) is 0 Å². The van der Waals surface area contributed by atoms with Crippen LogP contribution < -0.4 is 14.8 Å². The van der Waals surface area contributed by atoms with Crippen LogP contribution in [0, 0.1) is 0 Å². The molecule has 0 aliphatic carbocycles. The largest absolute Gasteiger partial charge is 0.416 e. The number of rotatable bonds is 4. The van der Waals surface area contributed by atoms with Crippen molar-refractivity contribution in [2.45, 2.75) is 12.7 Å². The zero-order valence-electron chi connectivity index (χ0n) is 12.8. The van der Waals surface area contributed by atoms with Gasteiger partial charge < -0.3 is 10.2 Å². The van der Waals surface area contributed by atoms with E-state index in [0.717, 1.165) is 17.8 Å². The Hall–Kier alpha value is -2.57. The fourth-order valence-electron chi connectivity index (χ4n) is 1.96. The van der Waals surface area contributed by atoms with E-state index in [1.165, 1.54) is 12.1 Å². The Bertz CT molecular complexity index is 664. The number of hydrogen-bond acceptors (Lipinski definition) is 2. The van der Waals surface area contributed by atoms with E-state index in [1.807, 2.05) is 31.1 Å². The van der Waals surface area contributed by atoms with Crippen LogP contribution in [0.3, 0.4) is 0 Å². The van der Waals surface area contributed by atoms with E-state index in [2.05, 4.69) is 5.32 Å². The van der Waals surface area contributed by atoms with Gasteiger partial charge in [0.15, 0.2) is 12.4 Å². The fourth-order valence-corrected chi connectivity index (χ4v) is 1.96. The summed E-state index contributed by atoms with van der Waals surface area (Å²) in [7, 11) is 3.83. The first-order chi connectivity index (χ1) is 10.8. The molecule has 1 aromatic carbocycles. The van der Waals surface area contributed by atoms with Crippen molar-refractivity contribution in [3.63, 3.8) is 0 Å². The van der Waals surface area contributed by atoms with Gasteiger partial charge in [-0.3, -0.25) is 4.79 Å². The van der Waals surface area contributed by atoms with Crippen LogP contribution >= 0.6 is 0 Å². The third-order valence-electron chi connectivity index (χ3n) is 3.21. The number of halogens is 3. The van der Waals surface area contributed by atoms with Crippen LogP contribution in [0.2, 0.25) is 0 Å². The molecule has 7 heteroatoms. The van der Waals surface area contributed by atoms with Crippen molar-refractivity contribution >= 4 is 17.3 Å². The van der Waals surface area contributed by atoms with Gasteiger partial charge in [-0.15, -0.1) is 0 Å². The number of pyridine rings is 1. The van der Waals surface area contributed by atoms with Gasteiger partial charge in [0, 0.05) is 37.6 Å². The van der Waals surface area contributed by atoms with Crippen molar-refractivity contribution in [2.75, 3.05) is 24.3 Å². The molecule has 2 rings (SSSR count). The average molecular weight is 324 g/mol. The molecule has 122 valence electrons. The molecule has 4 nitrogen and oxygen atoms in total. The Morgan fingerprint density at radius 2 is 1.65 bits per heavy atom. The molecular weight excluding hydrogens is 307 g/mol. The normalized spacial score (nSPS) is 11.2. The van der Waals surface area contributed by atoms with Gasteiger partial charge in [0.25, 0.3) is 5.91 Å². The second-order valence-corrected chi connectivity index (χ2v) is 5.25. The van der Waals surface area contributed by atoms with E-state index in [4.69, 9.17) is 0 Å². The molecule has 1 amide bonds. The Morgan fingerprint density at radius 1 is 1.09 bits per heavy atom. The second-order valence-electron chi connectivity index (χ2n) is 5.25.